The summed E-state index contributed by atoms with van der Waals surface area (Å²) in [7, 11) is -3.53. The highest BCUT2D eigenvalue weighted by atomic mass is 35.5. The van der Waals surface area contributed by atoms with Gasteiger partial charge in [0.05, 0.1) is 51.0 Å². The average molecular weight is 1020 g/mol. The Morgan fingerprint density at radius 2 is 1.61 bits per heavy atom. The van der Waals surface area contributed by atoms with E-state index < -0.39 is 38.7 Å². The second kappa shape index (κ2) is 25.4. The van der Waals surface area contributed by atoms with Crippen molar-refractivity contribution >= 4 is 73.9 Å². The van der Waals surface area contributed by atoms with E-state index in [0.29, 0.717) is 28.9 Å². The van der Waals surface area contributed by atoms with Crippen LogP contribution in [-0.2, 0) is 24.2 Å². The Labute approximate surface area is 425 Å². The summed E-state index contributed by atoms with van der Waals surface area (Å²) in [5.41, 5.74) is 3.83. The van der Waals surface area contributed by atoms with E-state index in [1.54, 1.807) is 49.9 Å². The number of para-hydroxylation sites is 1. The maximum Gasteiger partial charge on any atom is 0.246 e. The van der Waals surface area contributed by atoms with Gasteiger partial charge in [-0.05, 0) is 95.1 Å². The summed E-state index contributed by atoms with van der Waals surface area (Å²) < 4.78 is 26.0. The first-order valence-electron chi connectivity index (χ1n) is 25.3. The van der Waals surface area contributed by atoms with E-state index in [4.69, 9.17) is 11.6 Å². The van der Waals surface area contributed by atoms with Gasteiger partial charge in [0.1, 0.15) is 17.1 Å². The first-order valence-corrected chi connectivity index (χ1v) is 28.1. The van der Waals surface area contributed by atoms with Gasteiger partial charge in [0, 0.05) is 32.0 Å². The minimum Gasteiger partial charge on any atom is -0.391 e. The van der Waals surface area contributed by atoms with Crippen molar-refractivity contribution in [2.24, 2.45) is 10.4 Å². The SMILES string of the molecule is CC1N=CSC1c1ccc([C@H](C)NC(=O)[C@@H]2C[C@@H](O)CN2C(=O)[C@@H](NC(=O)CCCCCCCCCCN2CCC[C@@H](Nc3ncc(Cl)c(Nc4ccccc4S(=O)(=O)C(C)C)n3)C2)C(C)(C)C)cc1. The number of piperidine rings is 1. The Hall–Kier alpha value is -4.29. The Bertz CT molecular complexity index is 2370. The van der Waals surface area contributed by atoms with Crippen molar-refractivity contribution in [2.75, 3.05) is 36.8 Å². The number of hydrogen-bond donors (Lipinski definition) is 5. The van der Waals surface area contributed by atoms with Crippen LogP contribution in [0.25, 0.3) is 0 Å². The lowest BCUT2D eigenvalue weighted by molar-refractivity contribution is -0.144. The van der Waals surface area contributed by atoms with Crippen LogP contribution in [0.2, 0.25) is 5.02 Å². The molecule has 2 saturated heterocycles. The zero-order valence-electron chi connectivity index (χ0n) is 42.1. The van der Waals surface area contributed by atoms with Gasteiger partial charge in [-0.15, -0.1) is 11.8 Å². The molecule has 3 aliphatic rings. The molecule has 5 N–H and O–H groups in total. The molecule has 1 aromatic heterocycles. The number of aliphatic imine (C=N–C) groups is 1. The summed E-state index contributed by atoms with van der Waals surface area (Å²) in [5, 5.41) is 23.3. The van der Waals surface area contributed by atoms with E-state index in [9.17, 15) is 27.9 Å². The third kappa shape index (κ3) is 15.1. The first-order chi connectivity index (χ1) is 33.3. The van der Waals surface area contributed by atoms with Gasteiger partial charge in [-0.25, -0.2) is 13.4 Å². The fraction of sp³-hybridized carbons (Fsp3) is 0.615. The van der Waals surface area contributed by atoms with Crippen LogP contribution in [0.3, 0.4) is 0 Å². The van der Waals surface area contributed by atoms with Crippen molar-refractivity contribution in [1.29, 1.82) is 0 Å². The third-order valence-corrected chi connectivity index (χ3v) is 17.3. The molecule has 3 aromatic rings. The van der Waals surface area contributed by atoms with E-state index >= 15 is 0 Å². The number of nitrogens with zero attached hydrogens (tertiary/aromatic N) is 5. The number of rotatable bonds is 23. The minimum atomic E-state index is -3.53. The number of halogens is 1. The summed E-state index contributed by atoms with van der Waals surface area (Å²) >= 11 is 8.17. The summed E-state index contributed by atoms with van der Waals surface area (Å²) in [6, 6.07) is 13.3. The highest BCUT2D eigenvalue weighted by Crippen LogP contribution is 2.37. The third-order valence-electron chi connectivity index (χ3n) is 13.6. The number of β-amino-alcohol motifs (C(OH)–C–C–N with tert-alkyl or cyclic N) is 1. The molecule has 3 amide bonds. The number of nitrogens with one attached hydrogen (secondary N) is 4. The monoisotopic (exact) mass is 1020 g/mol. The van der Waals surface area contributed by atoms with Crippen LogP contribution in [-0.4, -0.2) is 118 Å². The van der Waals surface area contributed by atoms with Gasteiger partial charge in [-0.1, -0.05) is 107 Å². The summed E-state index contributed by atoms with van der Waals surface area (Å²) in [5.74, 6) is -0.0733. The van der Waals surface area contributed by atoms with Crippen molar-refractivity contribution in [2.45, 2.75) is 177 Å². The van der Waals surface area contributed by atoms with Crippen LogP contribution < -0.4 is 21.3 Å². The van der Waals surface area contributed by atoms with Crippen LogP contribution in [0.4, 0.5) is 17.5 Å². The zero-order chi connectivity index (χ0) is 50.6. The summed E-state index contributed by atoms with van der Waals surface area (Å²) in [6.07, 6.45) is 11.6. The lowest BCUT2D eigenvalue weighted by Gasteiger charge is -2.35. The predicted molar refractivity (Wildman–Crippen MR) is 283 cm³/mol. The molecule has 0 spiro atoms. The molecule has 384 valence electrons. The number of aromatic nitrogens is 2. The van der Waals surface area contributed by atoms with Crippen LogP contribution in [0.5, 0.6) is 0 Å². The minimum absolute atomic E-state index is 0.0359. The van der Waals surface area contributed by atoms with Crippen LogP contribution in [0, 0.1) is 5.41 Å². The van der Waals surface area contributed by atoms with Gasteiger partial charge in [0.25, 0.3) is 0 Å². The summed E-state index contributed by atoms with van der Waals surface area (Å²) in [6.45, 7) is 16.0. The second-order valence-corrected chi connectivity index (χ2v) is 24.5. The molecule has 15 nitrogen and oxygen atoms in total. The first kappa shape index (κ1) is 55.0. The number of aliphatic hydroxyl groups excluding tert-OH is 1. The van der Waals surface area contributed by atoms with Crippen LogP contribution in [0.15, 0.2) is 64.6 Å². The number of aliphatic hydroxyl groups is 1. The average Bonchev–Trinajstić information content (AvgIpc) is 3.94. The number of likely N-dealkylation sites (tertiary alicyclic amines) is 2. The molecular formula is C52H76ClN9O6S2. The molecule has 18 heteroatoms. The number of amides is 3. The topological polar surface area (TPSA) is 198 Å². The predicted octanol–water partition coefficient (Wildman–Crippen LogP) is 9.02. The Balaban J connectivity index is 0.859. The van der Waals surface area contributed by atoms with E-state index in [0.717, 1.165) is 89.4 Å². The second-order valence-electron chi connectivity index (χ2n) is 20.7. The molecule has 0 bridgehead atoms. The number of hydrogen-bond acceptors (Lipinski definition) is 13. The van der Waals surface area contributed by atoms with E-state index in [1.165, 1.54) is 16.7 Å². The number of carbonyl (C=O) groups is 3. The number of thioether (sulfide) groups is 1. The number of unbranched alkanes of at least 4 members (excludes halogenated alkanes) is 7. The molecule has 2 fully saturated rings. The summed E-state index contributed by atoms with van der Waals surface area (Å²) in [4.78, 5) is 58.7. The molecule has 6 rings (SSSR count). The van der Waals surface area contributed by atoms with Gasteiger partial charge >= 0.3 is 0 Å². The lowest BCUT2D eigenvalue weighted by Crippen LogP contribution is -2.57. The zero-order valence-corrected chi connectivity index (χ0v) is 44.5. The number of sulfone groups is 1. The molecule has 0 radical (unpaired) electrons. The lowest BCUT2D eigenvalue weighted by atomic mass is 9.85. The normalized spacial score (nSPS) is 21.7. The van der Waals surface area contributed by atoms with Gasteiger partial charge in [0.2, 0.25) is 23.7 Å². The molecule has 0 aliphatic carbocycles. The fourth-order valence-electron chi connectivity index (χ4n) is 9.43. The van der Waals surface area contributed by atoms with Crippen molar-refractivity contribution in [3.8, 4) is 0 Å². The molecule has 3 aliphatic heterocycles. The number of anilines is 3. The molecule has 2 unspecified atom stereocenters. The molecular weight excluding hydrogens is 946 g/mol. The smallest absolute Gasteiger partial charge is 0.246 e. The standard InChI is InChI=1S/C52H76ClN9O6S2/c1-34(2)70(67,68)44-21-16-15-20-42(44)58-48-41(53)30-54-51(60-48)57-39-19-18-28-61(31-39)27-17-13-11-9-8-10-12-14-22-45(64)59-47(52(5,6)7)50(66)62-32-40(63)29-43(62)49(65)56-35(3)37-23-25-38(26-24-37)46-36(4)55-33-69-46/h15-16,20-21,23-26,30,33-36,39-40,43,46-47,63H,8-14,17-19,22,27-29,31-32H2,1-7H3,(H,56,65)(H,59,64)(H2,54,57,58,60)/t35-,36?,39+,40+,43-,46?,47+/m0/s1. The number of carbonyl (C=O) groups excluding carboxylic acids is 3. The van der Waals surface area contributed by atoms with Crippen molar-refractivity contribution in [1.82, 2.24) is 30.4 Å². The van der Waals surface area contributed by atoms with E-state index in [1.807, 2.05) is 45.4 Å². The van der Waals surface area contributed by atoms with E-state index in [-0.39, 0.29) is 59.0 Å². The Morgan fingerprint density at radius 1 is 0.929 bits per heavy atom. The molecule has 70 heavy (non-hydrogen) atoms. The maximum absolute atomic E-state index is 14.1. The van der Waals surface area contributed by atoms with Gasteiger partial charge in [-0.2, -0.15) is 4.98 Å². The van der Waals surface area contributed by atoms with Crippen LogP contribution >= 0.6 is 23.4 Å². The fourth-order valence-corrected chi connectivity index (χ4v) is 11.8. The van der Waals surface area contributed by atoms with Gasteiger partial charge < -0.3 is 36.2 Å². The van der Waals surface area contributed by atoms with E-state index in [2.05, 4.69) is 60.2 Å². The maximum atomic E-state index is 14.1. The molecule has 0 saturated carbocycles. The quantitative estimate of drug-likeness (QED) is 0.0566. The number of benzene rings is 2. The highest BCUT2D eigenvalue weighted by Gasteiger charge is 2.44. The van der Waals surface area contributed by atoms with Crippen molar-refractivity contribution in [3.63, 3.8) is 0 Å². The Morgan fingerprint density at radius 3 is 2.29 bits per heavy atom. The van der Waals surface area contributed by atoms with Gasteiger partial charge in [-0.3, -0.25) is 19.4 Å². The van der Waals surface area contributed by atoms with Crippen LogP contribution in [0.1, 0.15) is 148 Å². The van der Waals surface area contributed by atoms with Crippen molar-refractivity contribution < 1.29 is 27.9 Å². The van der Waals surface area contributed by atoms with Gasteiger partial charge in [0.15, 0.2) is 15.7 Å². The molecule has 7 atom stereocenters. The molecule has 2 aromatic carbocycles. The largest absolute Gasteiger partial charge is 0.391 e. The molecule has 4 heterocycles. The van der Waals surface area contributed by atoms with Crippen molar-refractivity contribution in [3.05, 3.63) is 70.9 Å². The Kier molecular flexibility index (Phi) is 20.0. The highest BCUT2D eigenvalue weighted by molar-refractivity contribution is 8.12.